The van der Waals surface area contributed by atoms with Crippen molar-refractivity contribution in [2.75, 3.05) is 13.2 Å². The van der Waals surface area contributed by atoms with Crippen LogP contribution >= 0.6 is 0 Å². The number of amides is 1. The fourth-order valence-corrected chi connectivity index (χ4v) is 9.87. The van der Waals surface area contributed by atoms with Crippen LogP contribution < -0.4 is 5.32 Å². The Balaban J connectivity index is 2.18. The number of aliphatic hydroxyl groups is 5. The van der Waals surface area contributed by atoms with Crippen LogP contribution in [0, 0.1) is 0 Å². The van der Waals surface area contributed by atoms with E-state index in [-0.39, 0.29) is 12.5 Å². The Kier molecular flexibility index (Phi) is 47.3. The second-order valence-corrected chi connectivity index (χ2v) is 21.1. The number of carbonyl (C=O) groups is 1. The van der Waals surface area contributed by atoms with Crippen molar-refractivity contribution < 1.29 is 39.8 Å². The summed E-state index contributed by atoms with van der Waals surface area (Å²) < 4.78 is 11.3. The maximum absolute atomic E-state index is 13.1. The largest absolute Gasteiger partial charge is 0.394 e. The molecule has 9 heteroatoms. The highest BCUT2D eigenvalue weighted by atomic mass is 16.7. The number of carbonyl (C=O) groups excluding carboxylic acids is 1. The van der Waals surface area contributed by atoms with E-state index >= 15 is 0 Å². The lowest BCUT2D eigenvalue weighted by atomic mass is 9.99. The minimum Gasteiger partial charge on any atom is -0.394 e. The molecule has 0 radical (unpaired) electrons. The molecule has 0 aromatic heterocycles. The van der Waals surface area contributed by atoms with Crippen molar-refractivity contribution in [1.29, 1.82) is 0 Å². The van der Waals surface area contributed by atoms with Crippen LogP contribution in [0.15, 0.2) is 12.2 Å². The molecule has 7 unspecified atom stereocenters. The molecule has 1 rings (SSSR count). The molecule has 0 aliphatic carbocycles. The molecule has 1 aliphatic heterocycles. The molecule has 7 atom stereocenters. The number of rotatable bonds is 52. The molecule has 9 nitrogen and oxygen atoms in total. The summed E-state index contributed by atoms with van der Waals surface area (Å²) >= 11 is 0. The molecular formula is C59H115NO8. The first-order valence-electron chi connectivity index (χ1n) is 29.9. The van der Waals surface area contributed by atoms with Crippen LogP contribution in [0.3, 0.4) is 0 Å². The molecule has 1 saturated heterocycles. The van der Waals surface area contributed by atoms with Gasteiger partial charge in [0.05, 0.1) is 25.4 Å². The molecule has 0 bridgehead atoms. The van der Waals surface area contributed by atoms with Gasteiger partial charge in [0.1, 0.15) is 24.4 Å². The van der Waals surface area contributed by atoms with Crippen LogP contribution in [0.2, 0.25) is 0 Å². The highest BCUT2D eigenvalue weighted by molar-refractivity contribution is 5.76. The van der Waals surface area contributed by atoms with Gasteiger partial charge in [-0.3, -0.25) is 4.79 Å². The average Bonchev–Trinajstić information content (AvgIpc) is 3.34. The van der Waals surface area contributed by atoms with Gasteiger partial charge in [0.15, 0.2) is 6.29 Å². The number of aliphatic hydroxyl groups excluding tert-OH is 5. The molecule has 0 aromatic carbocycles. The maximum atomic E-state index is 13.1. The number of nitrogens with one attached hydrogen (secondary N) is 1. The number of hydrogen-bond acceptors (Lipinski definition) is 8. The van der Waals surface area contributed by atoms with E-state index in [1.54, 1.807) is 0 Å². The van der Waals surface area contributed by atoms with Crippen molar-refractivity contribution in [2.45, 2.75) is 346 Å². The van der Waals surface area contributed by atoms with Crippen molar-refractivity contribution in [3.63, 3.8) is 0 Å². The van der Waals surface area contributed by atoms with E-state index in [0.29, 0.717) is 12.8 Å². The molecule has 1 fully saturated rings. The molecule has 0 saturated carbocycles. The summed E-state index contributed by atoms with van der Waals surface area (Å²) in [6.45, 7) is 3.88. The van der Waals surface area contributed by atoms with Gasteiger partial charge in [0.2, 0.25) is 5.91 Å². The van der Waals surface area contributed by atoms with E-state index in [1.807, 2.05) is 0 Å². The van der Waals surface area contributed by atoms with Gasteiger partial charge < -0.3 is 40.3 Å². The van der Waals surface area contributed by atoms with E-state index in [1.165, 1.54) is 238 Å². The average molecular weight is 967 g/mol. The van der Waals surface area contributed by atoms with Crippen molar-refractivity contribution >= 4 is 5.91 Å². The third-order valence-corrected chi connectivity index (χ3v) is 14.6. The Bertz CT molecular complexity index is 1080. The molecule has 0 spiro atoms. The molecule has 1 heterocycles. The van der Waals surface area contributed by atoms with Crippen LogP contribution in [0.25, 0.3) is 0 Å². The SMILES string of the molecule is CCCCCCCCCC/C=C\CCCCCCCCCCCCCCCC(=O)NC(COC1OC(CO)C(O)C(O)C1O)C(O)CCCCCCCCCCCCCCCCCCCCCC. The highest BCUT2D eigenvalue weighted by Gasteiger charge is 2.44. The third-order valence-electron chi connectivity index (χ3n) is 14.6. The molecular weight excluding hydrogens is 851 g/mol. The second-order valence-electron chi connectivity index (χ2n) is 21.1. The maximum Gasteiger partial charge on any atom is 0.220 e. The number of allylic oxidation sites excluding steroid dienone is 2. The van der Waals surface area contributed by atoms with Gasteiger partial charge in [-0.25, -0.2) is 0 Å². The van der Waals surface area contributed by atoms with Gasteiger partial charge in [-0.1, -0.05) is 270 Å². The molecule has 1 aliphatic rings. The lowest BCUT2D eigenvalue weighted by Crippen LogP contribution is -2.60. The van der Waals surface area contributed by atoms with E-state index < -0.39 is 49.5 Å². The first-order chi connectivity index (χ1) is 33.3. The van der Waals surface area contributed by atoms with Gasteiger partial charge in [-0.05, 0) is 38.5 Å². The van der Waals surface area contributed by atoms with E-state index in [4.69, 9.17) is 9.47 Å². The molecule has 1 amide bonds. The summed E-state index contributed by atoms with van der Waals surface area (Å²) in [4.78, 5) is 13.1. The first-order valence-corrected chi connectivity index (χ1v) is 29.9. The topological polar surface area (TPSA) is 149 Å². The fourth-order valence-electron chi connectivity index (χ4n) is 9.87. The van der Waals surface area contributed by atoms with Gasteiger partial charge >= 0.3 is 0 Å². The predicted octanol–water partition coefficient (Wildman–Crippen LogP) is 14.8. The van der Waals surface area contributed by atoms with Crippen LogP contribution in [-0.2, 0) is 14.3 Å². The van der Waals surface area contributed by atoms with Crippen LogP contribution in [-0.4, -0.2) is 87.5 Å². The zero-order valence-corrected chi connectivity index (χ0v) is 44.9. The lowest BCUT2D eigenvalue weighted by Gasteiger charge is -2.40. The Morgan fingerprint density at radius 3 is 1.19 bits per heavy atom. The Morgan fingerprint density at radius 2 is 0.824 bits per heavy atom. The van der Waals surface area contributed by atoms with Crippen LogP contribution in [0.5, 0.6) is 0 Å². The van der Waals surface area contributed by atoms with Gasteiger partial charge in [0, 0.05) is 6.42 Å². The fraction of sp³-hybridized carbons (Fsp3) is 0.949. The summed E-state index contributed by atoms with van der Waals surface area (Å²) in [6.07, 6.45) is 53.8. The summed E-state index contributed by atoms with van der Waals surface area (Å²) in [5, 5.41) is 54.7. The summed E-state index contributed by atoms with van der Waals surface area (Å²) in [5.41, 5.74) is 0. The molecule has 68 heavy (non-hydrogen) atoms. The molecule has 404 valence electrons. The molecule has 0 aromatic rings. The van der Waals surface area contributed by atoms with E-state index in [9.17, 15) is 30.3 Å². The van der Waals surface area contributed by atoms with E-state index in [0.717, 1.165) is 38.5 Å². The van der Waals surface area contributed by atoms with Crippen LogP contribution in [0.4, 0.5) is 0 Å². The highest BCUT2D eigenvalue weighted by Crippen LogP contribution is 2.23. The van der Waals surface area contributed by atoms with Crippen molar-refractivity contribution in [1.82, 2.24) is 5.32 Å². The van der Waals surface area contributed by atoms with Gasteiger partial charge in [-0.15, -0.1) is 0 Å². The lowest BCUT2D eigenvalue weighted by molar-refractivity contribution is -0.302. The predicted molar refractivity (Wildman–Crippen MR) is 286 cm³/mol. The first kappa shape index (κ1) is 64.9. The normalized spacial score (nSPS) is 19.5. The van der Waals surface area contributed by atoms with E-state index in [2.05, 4.69) is 31.3 Å². The van der Waals surface area contributed by atoms with Gasteiger partial charge in [0.25, 0.3) is 0 Å². The van der Waals surface area contributed by atoms with Crippen molar-refractivity contribution in [2.24, 2.45) is 0 Å². The Labute approximate surface area is 420 Å². The van der Waals surface area contributed by atoms with Crippen molar-refractivity contribution in [3.05, 3.63) is 12.2 Å². The monoisotopic (exact) mass is 966 g/mol. The van der Waals surface area contributed by atoms with Crippen molar-refractivity contribution in [3.8, 4) is 0 Å². The number of ether oxygens (including phenoxy) is 2. The Morgan fingerprint density at radius 1 is 0.485 bits per heavy atom. The van der Waals surface area contributed by atoms with Crippen LogP contribution in [0.1, 0.15) is 303 Å². The number of hydrogen-bond donors (Lipinski definition) is 6. The third kappa shape index (κ3) is 38.6. The Hall–Kier alpha value is -1.07. The minimum atomic E-state index is -1.55. The minimum absolute atomic E-state index is 0.133. The number of unbranched alkanes of at least 4 members (excludes halogenated alkanes) is 40. The standard InChI is InChI=1S/C59H115NO8/c1-3-5-7-9-11-13-15-17-19-21-23-25-26-27-28-29-31-33-35-37-39-41-43-45-47-49-55(63)60-52(51-67-59-58(66)57(65)56(64)54(50-61)68-59)53(62)48-46-44-42-40-38-36-34-32-30-24-22-20-18-16-14-12-10-8-6-4-2/h21,23,52-54,56-59,61-62,64-66H,3-20,22,24-51H2,1-2H3,(H,60,63)/b23-21-. The van der Waals surface area contributed by atoms with Gasteiger partial charge in [-0.2, -0.15) is 0 Å². The summed E-state index contributed by atoms with van der Waals surface area (Å²) in [5.74, 6) is -0.138. The molecule has 6 N–H and O–H groups in total. The zero-order chi connectivity index (χ0) is 49.4. The summed E-state index contributed by atoms with van der Waals surface area (Å²) in [7, 11) is 0. The zero-order valence-electron chi connectivity index (χ0n) is 44.9. The smallest absolute Gasteiger partial charge is 0.220 e. The summed E-state index contributed by atoms with van der Waals surface area (Å²) in [6, 6.07) is -0.716. The second kappa shape index (κ2) is 49.5. The quantitative estimate of drug-likeness (QED) is 0.0261.